The Morgan fingerprint density at radius 2 is 1.94 bits per heavy atom. The van der Waals surface area contributed by atoms with Gasteiger partial charge in [-0.25, -0.2) is 0 Å². The number of nitrogens with zero attached hydrogens (tertiary/aromatic N) is 2. The van der Waals surface area contributed by atoms with Crippen molar-refractivity contribution in [1.82, 2.24) is 5.01 Å². The summed E-state index contributed by atoms with van der Waals surface area (Å²) in [4.78, 5) is 1.28. The molecule has 0 aliphatic carbocycles. The number of benzene rings is 1. The fraction of sp³-hybridized carbons (Fsp3) is 0.417. The van der Waals surface area contributed by atoms with Gasteiger partial charge in [0, 0.05) is 4.90 Å². The highest BCUT2D eigenvalue weighted by molar-refractivity contribution is 7.98. The lowest BCUT2D eigenvalue weighted by atomic mass is 10.2. The van der Waals surface area contributed by atoms with E-state index in [1.807, 2.05) is 11.2 Å². The van der Waals surface area contributed by atoms with E-state index >= 15 is 0 Å². The summed E-state index contributed by atoms with van der Waals surface area (Å²) in [6, 6.07) is 8.42. The van der Waals surface area contributed by atoms with Gasteiger partial charge in [0.05, 0.1) is 32.5 Å². The summed E-state index contributed by atoms with van der Waals surface area (Å²) in [5.41, 5.74) is 1.14. The van der Waals surface area contributed by atoms with Crippen molar-refractivity contribution in [2.45, 2.75) is 4.90 Å². The molecular formula is C12H16N2OS. The smallest absolute Gasteiger partial charge is 0.0659 e. The molecule has 0 aromatic heterocycles. The Balaban J connectivity index is 1.94. The number of hydrogen-bond acceptors (Lipinski definition) is 4. The Morgan fingerprint density at radius 1 is 1.25 bits per heavy atom. The van der Waals surface area contributed by atoms with Crippen molar-refractivity contribution < 1.29 is 4.74 Å². The number of morpholine rings is 1. The molecule has 0 saturated carbocycles. The number of thioether (sulfide) groups is 1. The van der Waals surface area contributed by atoms with E-state index in [1.165, 1.54) is 4.90 Å². The molecule has 1 fully saturated rings. The second-order valence-electron chi connectivity index (χ2n) is 3.58. The van der Waals surface area contributed by atoms with E-state index < -0.39 is 0 Å². The van der Waals surface area contributed by atoms with Gasteiger partial charge < -0.3 is 4.74 Å². The Morgan fingerprint density at radius 3 is 2.56 bits per heavy atom. The van der Waals surface area contributed by atoms with Gasteiger partial charge in [-0.05, 0) is 24.0 Å². The van der Waals surface area contributed by atoms with Crippen molar-refractivity contribution in [3.8, 4) is 0 Å². The molecule has 1 aromatic rings. The van der Waals surface area contributed by atoms with E-state index in [0.29, 0.717) is 0 Å². The zero-order chi connectivity index (χ0) is 11.2. The fourth-order valence-corrected chi connectivity index (χ4v) is 1.92. The average molecular weight is 236 g/mol. The number of hydrazone groups is 1. The summed E-state index contributed by atoms with van der Waals surface area (Å²) in [5, 5.41) is 6.48. The lowest BCUT2D eigenvalue weighted by Crippen LogP contribution is -2.32. The van der Waals surface area contributed by atoms with Crippen LogP contribution in [0.3, 0.4) is 0 Å². The Bertz CT molecular complexity index is 345. The number of ether oxygens (including phenoxy) is 1. The molecule has 16 heavy (non-hydrogen) atoms. The molecule has 1 aromatic carbocycles. The van der Waals surface area contributed by atoms with Gasteiger partial charge in [0.25, 0.3) is 0 Å². The van der Waals surface area contributed by atoms with Gasteiger partial charge in [-0.1, -0.05) is 12.1 Å². The topological polar surface area (TPSA) is 24.8 Å². The second-order valence-corrected chi connectivity index (χ2v) is 4.46. The van der Waals surface area contributed by atoms with Crippen molar-refractivity contribution in [3.05, 3.63) is 29.8 Å². The predicted molar refractivity (Wildman–Crippen MR) is 68.2 cm³/mol. The molecule has 0 amide bonds. The maximum atomic E-state index is 5.26. The molecule has 86 valence electrons. The van der Waals surface area contributed by atoms with Crippen molar-refractivity contribution in [2.24, 2.45) is 5.10 Å². The zero-order valence-electron chi connectivity index (χ0n) is 9.43. The van der Waals surface area contributed by atoms with Crippen LogP contribution in [0, 0.1) is 0 Å². The first-order chi connectivity index (χ1) is 7.88. The molecule has 0 spiro atoms. The normalized spacial score (nSPS) is 16.9. The van der Waals surface area contributed by atoms with E-state index in [1.54, 1.807) is 11.8 Å². The minimum atomic E-state index is 0.781. The van der Waals surface area contributed by atoms with E-state index in [-0.39, 0.29) is 0 Å². The summed E-state index contributed by atoms with van der Waals surface area (Å²) in [5.74, 6) is 0. The third kappa shape index (κ3) is 3.25. The molecule has 0 radical (unpaired) electrons. The van der Waals surface area contributed by atoms with Gasteiger partial charge in [-0.3, -0.25) is 5.01 Å². The standard InChI is InChI=1S/C12H16N2OS/c1-16-12-4-2-11(3-5-12)10-13-14-6-8-15-9-7-14/h2-5,10H,6-9H2,1H3. The Hall–Kier alpha value is -1.00. The van der Waals surface area contributed by atoms with Crippen LogP contribution in [0.5, 0.6) is 0 Å². The van der Waals surface area contributed by atoms with Crippen LogP contribution < -0.4 is 0 Å². The van der Waals surface area contributed by atoms with Crippen LogP contribution in [-0.4, -0.2) is 43.8 Å². The molecule has 1 heterocycles. The minimum Gasteiger partial charge on any atom is -0.378 e. The van der Waals surface area contributed by atoms with E-state index in [9.17, 15) is 0 Å². The maximum absolute atomic E-state index is 5.26. The number of rotatable bonds is 3. The third-order valence-electron chi connectivity index (χ3n) is 2.47. The summed E-state index contributed by atoms with van der Waals surface area (Å²) in [7, 11) is 0. The minimum absolute atomic E-state index is 0.781. The van der Waals surface area contributed by atoms with Crippen molar-refractivity contribution in [2.75, 3.05) is 32.6 Å². The van der Waals surface area contributed by atoms with Gasteiger partial charge in [-0.15, -0.1) is 11.8 Å². The lowest BCUT2D eigenvalue weighted by Gasteiger charge is -2.23. The van der Waals surface area contributed by atoms with Crippen molar-refractivity contribution in [1.29, 1.82) is 0 Å². The number of hydrogen-bond donors (Lipinski definition) is 0. The third-order valence-corrected chi connectivity index (χ3v) is 3.22. The van der Waals surface area contributed by atoms with Crippen molar-refractivity contribution >= 4 is 18.0 Å². The zero-order valence-corrected chi connectivity index (χ0v) is 10.2. The summed E-state index contributed by atoms with van der Waals surface area (Å²) in [6.45, 7) is 3.34. The van der Waals surface area contributed by atoms with Crippen LogP contribution in [0.15, 0.2) is 34.3 Å². The molecule has 0 bridgehead atoms. The monoisotopic (exact) mass is 236 g/mol. The predicted octanol–water partition coefficient (Wildman–Crippen LogP) is 2.07. The molecule has 1 aliphatic heterocycles. The van der Waals surface area contributed by atoms with Gasteiger partial charge >= 0.3 is 0 Å². The van der Waals surface area contributed by atoms with E-state index in [4.69, 9.17) is 4.74 Å². The van der Waals surface area contributed by atoms with E-state index in [0.717, 1.165) is 31.9 Å². The molecule has 0 N–H and O–H groups in total. The molecule has 4 heteroatoms. The van der Waals surface area contributed by atoms with Crippen LogP contribution in [0.2, 0.25) is 0 Å². The molecular weight excluding hydrogens is 220 g/mol. The summed E-state index contributed by atoms with van der Waals surface area (Å²) < 4.78 is 5.26. The van der Waals surface area contributed by atoms with Gasteiger partial charge in [-0.2, -0.15) is 5.10 Å². The molecule has 0 atom stereocenters. The van der Waals surface area contributed by atoms with Crippen LogP contribution in [0.25, 0.3) is 0 Å². The highest BCUT2D eigenvalue weighted by Gasteiger charge is 2.05. The quantitative estimate of drug-likeness (QED) is 0.593. The summed E-state index contributed by atoms with van der Waals surface area (Å²) >= 11 is 1.75. The summed E-state index contributed by atoms with van der Waals surface area (Å²) in [6.07, 6.45) is 3.99. The first-order valence-electron chi connectivity index (χ1n) is 5.39. The van der Waals surface area contributed by atoms with Crippen LogP contribution in [0.4, 0.5) is 0 Å². The molecule has 1 aliphatic rings. The average Bonchev–Trinajstić information content (AvgIpc) is 2.38. The molecule has 0 unspecified atom stereocenters. The highest BCUT2D eigenvalue weighted by atomic mass is 32.2. The van der Waals surface area contributed by atoms with Crippen LogP contribution >= 0.6 is 11.8 Å². The van der Waals surface area contributed by atoms with Crippen LogP contribution in [0.1, 0.15) is 5.56 Å². The van der Waals surface area contributed by atoms with Crippen LogP contribution in [-0.2, 0) is 4.74 Å². The first kappa shape index (κ1) is 11.5. The Labute approximate surface area is 100 Å². The van der Waals surface area contributed by atoms with Gasteiger partial charge in [0.15, 0.2) is 0 Å². The largest absolute Gasteiger partial charge is 0.378 e. The second kappa shape index (κ2) is 5.92. The maximum Gasteiger partial charge on any atom is 0.0659 e. The fourth-order valence-electron chi connectivity index (χ4n) is 1.51. The Kier molecular flexibility index (Phi) is 4.25. The first-order valence-corrected chi connectivity index (χ1v) is 6.62. The van der Waals surface area contributed by atoms with Crippen molar-refractivity contribution in [3.63, 3.8) is 0 Å². The SMILES string of the molecule is CSc1ccc(C=NN2CCOCC2)cc1. The van der Waals surface area contributed by atoms with Gasteiger partial charge in [0.2, 0.25) is 0 Å². The molecule has 2 rings (SSSR count). The van der Waals surface area contributed by atoms with E-state index in [2.05, 4.69) is 35.6 Å². The molecule has 1 saturated heterocycles. The van der Waals surface area contributed by atoms with Gasteiger partial charge in [0.1, 0.15) is 0 Å². The highest BCUT2D eigenvalue weighted by Crippen LogP contribution is 2.14. The molecule has 3 nitrogen and oxygen atoms in total. The lowest BCUT2D eigenvalue weighted by molar-refractivity contribution is 0.0397.